The predicted molar refractivity (Wildman–Crippen MR) is 62.9 cm³/mol. The quantitative estimate of drug-likeness (QED) is 0.833. The number of rotatable bonds is 2. The van der Waals surface area contributed by atoms with E-state index in [0.29, 0.717) is 6.42 Å². The monoisotopic (exact) mass is 226 g/mol. The highest BCUT2D eigenvalue weighted by atomic mass is 16.2. The summed E-state index contributed by atoms with van der Waals surface area (Å²) in [5.74, 6) is -0.0568. The van der Waals surface area contributed by atoms with Crippen molar-refractivity contribution in [2.24, 2.45) is 5.10 Å². The lowest BCUT2D eigenvalue weighted by molar-refractivity contribution is -0.119. The summed E-state index contributed by atoms with van der Waals surface area (Å²) >= 11 is 0. The Morgan fingerprint density at radius 2 is 2.06 bits per heavy atom. The lowest BCUT2D eigenvalue weighted by atomic mass is 10.1. The molecule has 0 aliphatic carbocycles. The molecule has 1 aromatic carbocycles. The van der Waals surface area contributed by atoms with Gasteiger partial charge in [0.05, 0.1) is 18.5 Å². The Balaban J connectivity index is 1.88. The van der Waals surface area contributed by atoms with Crippen LogP contribution in [0.1, 0.15) is 12.0 Å². The first-order chi connectivity index (χ1) is 8.33. The molecule has 1 aromatic heterocycles. The molecule has 0 saturated carbocycles. The number of amides is 1. The summed E-state index contributed by atoms with van der Waals surface area (Å²) in [6, 6.07) is 7.85. The third kappa shape index (κ3) is 1.82. The van der Waals surface area contributed by atoms with Crippen LogP contribution in [-0.4, -0.2) is 21.2 Å². The predicted octanol–water partition coefficient (Wildman–Crippen LogP) is 1.10. The smallest absolute Gasteiger partial charge is 0.246 e. The molecule has 1 N–H and O–H groups in total. The van der Waals surface area contributed by atoms with E-state index < -0.39 is 0 Å². The van der Waals surface area contributed by atoms with E-state index >= 15 is 0 Å². The average Bonchev–Trinajstić information content (AvgIpc) is 3.00. The van der Waals surface area contributed by atoms with Crippen molar-refractivity contribution >= 4 is 11.6 Å². The van der Waals surface area contributed by atoms with Crippen LogP contribution in [-0.2, 0) is 4.79 Å². The zero-order chi connectivity index (χ0) is 11.7. The molecule has 0 unspecified atom stereocenters. The third-order valence-electron chi connectivity index (χ3n) is 2.65. The van der Waals surface area contributed by atoms with Gasteiger partial charge in [-0.25, -0.2) is 10.4 Å². The lowest BCUT2D eigenvalue weighted by Crippen LogP contribution is -2.09. The second-order valence-electron chi connectivity index (χ2n) is 3.79. The van der Waals surface area contributed by atoms with Crippen molar-refractivity contribution < 1.29 is 4.79 Å². The molecular weight excluding hydrogens is 216 g/mol. The Morgan fingerprint density at radius 1 is 1.24 bits per heavy atom. The summed E-state index contributed by atoms with van der Waals surface area (Å²) in [7, 11) is 0. The number of carbonyl (C=O) groups excluding carboxylic acids is 1. The molecule has 0 spiro atoms. The molecule has 3 rings (SSSR count). The molecule has 1 aliphatic heterocycles. The van der Waals surface area contributed by atoms with Crippen molar-refractivity contribution in [3.63, 3.8) is 0 Å². The van der Waals surface area contributed by atoms with E-state index in [9.17, 15) is 4.79 Å². The van der Waals surface area contributed by atoms with Gasteiger partial charge in [0.1, 0.15) is 0 Å². The van der Waals surface area contributed by atoms with E-state index in [1.165, 1.54) is 0 Å². The van der Waals surface area contributed by atoms with Crippen LogP contribution in [0.4, 0.5) is 0 Å². The van der Waals surface area contributed by atoms with Gasteiger partial charge in [-0.3, -0.25) is 4.79 Å². The minimum atomic E-state index is -0.0568. The Hall–Kier alpha value is -2.43. The summed E-state index contributed by atoms with van der Waals surface area (Å²) in [5.41, 5.74) is 5.23. The fourth-order valence-corrected chi connectivity index (χ4v) is 1.77. The highest BCUT2D eigenvalue weighted by molar-refractivity contribution is 6.13. The standard InChI is InChI=1S/C12H10N4O/c17-12-7-11(14-15-12)9-1-3-10(4-2-9)16-6-5-13-8-16/h1-6,8H,7H2,(H,15,17). The second kappa shape index (κ2) is 3.86. The van der Waals surface area contributed by atoms with Crippen LogP contribution in [0.25, 0.3) is 5.69 Å². The van der Waals surface area contributed by atoms with Gasteiger partial charge in [-0.05, 0) is 17.7 Å². The SMILES string of the molecule is O=C1CC(c2ccc(-n3ccnc3)cc2)=NN1. The van der Waals surface area contributed by atoms with Crippen molar-refractivity contribution in [2.45, 2.75) is 6.42 Å². The fourth-order valence-electron chi connectivity index (χ4n) is 1.77. The molecule has 0 radical (unpaired) electrons. The van der Waals surface area contributed by atoms with Crippen molar-refractivity contribution in [2.75, 3.05) is 0 Å². The van der Waals surface area contributed by atoms with Crippen LogP contribution in [0.2, 0.25) is 0 Å². The van der Waals surface area contributed by atoms with Gasteiger partial charge in [-0.1, -0.05) is 12.1 Å². The van der Waals surface area contributed by atoms with Gasteiger partial charge in [0.25, 0.3) is 0 Å². The Kier molecular flexibility index (Phi) is 2.22. The van der Waals surface area contributed by atoms with Crippen LogP contribution < -0.4 is 5.43 Å². The first-order valence-corrected chi connectivity index (χ1v) is 5.27. The number of nitrogens with zero attached hydrogens (tertiary/aromatic N) is 3. The Morgan fingerprint density at radius 3 is 2.65 bits per heavy atom. The molecule has 1 aliphatic rings. The second-order valence-corrected chi connectivity index (χ2v) is 3.79. The number of hydrogen-bond acceptors (Lipinski definition) is 3. The van der Waals surface area contributed by atoms with Crippen LogP contribution >= 0.6 is 0 Å². The van der Waals surface area contributed by atoms with Crippen molar-refractivity contribution in [1.29, 1.82) is 0 Å². The van der Waals surface area contributed by atoms with E-state index in [-0.39, 0.29) is 5.91 Å². The largest absolute Gasteiger partial charge is 0.306 e. The summed E-state index contributed by atoms with van der Waals surface area (Å²) in [5, 5.41) is 3.98. The zero-order valence-corrected chi connectivity index (χ0v) is 9.00. The summed E-state index contributed by atoms with van der Waals surface area (Å²) in [6.45, 7) is 0. The van der Waals surface area contributed by atoms with E-state index in [1.807, 2.05) is 35.0 Å². The molecule has 1 amide bonds. The molecule has 0 saturated heterocycles. The average molecular weight is 226 g/mol. The summed E-state index contributed by atoms with van der Waals surface area (Å²) in [4.78, 5) is 15.0. The fraction of sp³-hybridized carbons (Fsp3) is 0.0833. The first kappa shape index (κ1) is 9.77. The topological polar surface area (TPSA) is 59.3 Å². The molecule has 0 bridgehead atoms. The molecule has 0 fully saturated rings. The molecule has 5 heteroatoms. The third-order valence-corrected chi connectivity index (χ3v) is 2.65. The zero-order valence-electron chi connectivity index (χ0n) is 9.00. The van der Waals surface area contributed by atoms with Crippen molar-refractivity contribution in [1.82, 2.24) is 15.0 Å². The molecule has 5 nitrogen and oxygen atoms in total. The maximum Gasteiger partial charge on any atom is 0.246 e. The molecule has 17 heavy (non-hydrogen) atoms. The van der Waals surface area contributed by atoms with Crippen LogP contribution in [0.5, 0.6) is 0 Å². The van der Waals surface area contributed by atoms with Crippen molar-refractivity contribution in [3.8, 4) is 5.69 Å². The summed E-state index contributed by atoms with van der Waals surface area (Å²) < 4.78 is 1.92. The van der Waals surface area contributed by atoms with Crippen LogP contribution in [0.15, 0.2) is 48.1 Å². The van der Waals surface area contributed by atoms with E-state index in [1.54, 1.807) is 12.5 Å². The van der Waals surface area contributed by atoms with Gasteiger partial charge in [0.2, 0.25) is 5.91 Å². The number of aromatic nitrogens is 2. The van der Waals surface area contributed by atoms with Gasteiger partial charge in [0, 0.05) is 18.1 Å². The number of benzene rings is 1. The Labute approximate surface area is 97.8 Å². The van der Waals surface area contributed by atoms with E-state index in [0.717, 1.165) is 17.0 Å². The van der Waals surface area contributed by atoms with Crippen molar-refractivity contribution in [3.05, 3.63) is 48.5 Å². The van der Waals surface area contributed by atoms with Crippen LogP contribution in [0.3, 0.4) is 0 Å². The highest BCUT2D eigenvalue weighted by Crippen LogP contribution is 2.13. The first-order valence-electron chi connectivity index (χ1n) is 5.27. The molecule has 2 aromatic rings. The maximum atomic E-state index is 11.0. The highest BCUT2D eigenvalue weighted by Gasteiger charge is 2.15. The molecular formula is C12H10N4O. The van der Waals surface area contributed by atoms with E-state index in [4.69, 9.17) is 0 Å². The molecule has 0 atom stereocenters. The number of imidazole rings is 1. The van der Waals surface area contributed by atoms with Gasteiger partial charge in [-0.2, -0.15) is 5.10 Å². The van der Waals surface area contributed by atoms with E-state index in [2.05, 4.69) is 15.5 Å². The van der Waals surface area contributed by atoms with Gasteiger partial charge in [0.15, 0.2) is 0 Å². The van der Waals surface area contributed by atoms with Gasteiger partial charge < -0.3 is 4.57 Å². The normalized spacial score (nSPS) is 14.6. The minimum Gasteiger partial charge on any atom is -0.306 e. The van der Waals surface area contributed by atoms with Gasteiger partial charge in [-0.15, -0.1) is 0 Å². The minimum absolute atomic E-state index is 0.0568. The number of hydrogen-bond donors (Lipinski definition) is 1. The Bertz CT molecular complexity index is 569. The number of carbonyl (C=O) groups is 1. The molecule has 2 heterocycles. The number of nitrogens with one attached hydrogen (secondary N) is 1. The van der Waals surface area contributed by atoms with Crippen LogP contribution in [0, 0.1) is 0 Å². The maximum absolute atomic E-state index is 11.0. The number of hydrazone groups is 1. The lowest BCUT2D eigenvalue weighted by Gasteiger charge is -2.03. The van der Waals surface area contributed by atoms with Gasteiger partial charge >= 0.3 is 0 Å². The molecule has 84 valence electrons. The summed E-state index contributed by atoms with van der Waals surface area (Å²) in [6.07, 6.45) is 5.71.